The number of nitrogens with one attached hydrogen (secondary N) is 1. The van der Waals surface area contributed by atoms with E-state index in [1.54, 1.807) is 54.6 Å². The van der Waals surface area contributed by atoms with Gasteiger partial charge < -0.3 is 5.32 Å². The van der Waals surface area contributed by atoms with Crippen LogP contribution in [0.25, 0.3) is 0 Å². The van der Waals surface area contributed by atoms with E-state index in [9.17, 15) is 13.2 Å². The Kier molecular flexibility index (Phi) is 5.64. The van der Waals surface area contributed by atoms with Crippen molar-refractivity contribution in [2.75, 3.05) is 11.9 Å². The molecule has 1 N–H and O–H groups in total. The van der Waals surface area contributed by atoms with Crippen LogP contribution >= 0.6 is 22.9 Å². The first-order chi connectivity index (χ1) is 13.9. The van der Waals surface area contributed by atoms with Gasteiger partial charge >= 0.3 is 0 Å². The molecule has 7 nitrogen and oxygen atoms in total. The SMILES string of the molecule is O=C(Nc1ccc(Cl)cc1)c1nnc([C@@H]2CCCN2S(=O)(=O)c2ccccc2)s1. The zero-order valence-corrected chi connectivity index (χ0v) is 17.5. The van der Waals surface area contributed by atoms with Crippen LogP contribution in [0.2, 0.25) is 5.02 Å². The van der Waals surface area contributed by atoms with E-state index in [-0.39, 0.29) is 9.90 Å². The molecule has 10 heteroatoms. The van der Waals surface area contributed by atoms with Gasteiger partial charge in [0.25, 0.3) is 5.91 Å². The summed E-state index contributed by atoms with van der Waals surface area (Å²) < 4.78 is 27.5. The molecule has 4 rings (SSSR count). The maximum absolute atomic E-state index is 13.0. The van der Waals surface area contributed by atoms with Crippen LogP contribution in [-0.4, -0.2) is 35.4 Å². The summed E-state index contributed by atoms with van der Waals surface area (Å²) in [4.78, 5) is 12.7. The van der Waals surface area contributed by atoms with Crippen LogP contribution in [0.5, 0.6) is 0 Å². The van der Waals surface area contributed by atoms with E-state index in [2.05, 4.69) is 15.5 Å². The molecule has 2 aromatic carbocycles. The lowest BCUT2D eigenvalue weighted by atomic mass is 10.2. The van der Waals surface area contributed by atoms with Gasteiger partial charge in [-0.1, -0.05) is 41.1 Å². The fourth-order valence-corrected chi connectivity index (χ4v) is 5.94. The minimum absolute atomic E-state index is 0.180. The minimum Gasteiger partial charge on any atom is -0.320 e. The maximum Gasteiger partial charge on any atom is 0.286 e. The van der Waals surface area contributed by atoms with Crippen LogP contribution in [0.1, 0.15) is 33.7 Å². The molecule has 29 heavy (non-hydrogen) atoms. The lowest BCUT2D eigenvalue weighted by Crippen LogP contribution is -2.30. The second-order valence-electron chi connectivity index (χ2n) is 6.49. The molecule has 1 atom stereocenters. The Morgan fingerprint density at radius 3 is 2.55 bits per heavy atom. The Hall–Kier alpha value is -2.33. The first-order valence-corrected chi connectivity index (χ1v) is 11.6. The van der Waals surface area contributed by atoms with Crippen LogP contribution in [0.15, 0.2) is 59.5 Å². The van der Waals surface area contributed by atoms with E-state index in [0.29, 0.717) is 28.7 Å². The number of rotatable bonds is 5. The van der Waals surface area contributed by atoms with Crippen molar-refractivity contribution in [3.63, 3.8) is 0 Å². The number of halogens is 1. The van der Waals surface area contributed by atoms with Gasteiger partial charge in [0.1, 0.15) is 5.01 Å². The average molecular weight is 449 g/mol. The predicted octanol–water partition coefficient (Wildman–Crippen LogP) is 3.97. The lowest BCUT2D eigenvalue weighted by molar-refractivity contribution is 0.102. The number of hydrogen-bond acceptors (Lipinski definition) is 6. The number of nitrogens with zero attached hydrogens (tertiary/aromatic N) is 3. The zero-order chi connectivity index (χ0) is 20.4. The van der Waals surface area contributed by atoms with Gasteiger partial charge in [0.2, 0.25) is 15.0 Å². The number of amides is 1. The molecule has 1 fully saturated rings. The Morgan fingerprint density at radius 2 is 1.83 bits per heavy atom. The molecule has 1 aliphatic heterocycles. The Bertz CT molecular complexity index is 1120. The molecule has 0 bridgehead atoms. The standard InChI is InChI=1S/C19H17ClN4O3S2/c20-13-8-10-14(11-9-13)21-17(25)19-23-22-18(28-19)16-7-4-12-24(16)29(26,27)15-5-2-1-3-6-15/h1-3,5-6,8-11,16H,4,7,12H2,(H,21,25)/t16-/m0/s1. The third-order valence-electron chi connectivity index (χ3n) is 4.58. The van der Waals surface area contributed by atoms with E-state index < -0.39 is 22.0 Å². The second-order valence-corrected chi connectivity index (χ2v) is 9.83. The third-order valence-corrected chi connectivity index (χ3v) is 7.77. The predicted molar refractivity (Wildman–Crippen MR) is 112 cm³/mol. The molecule has 150 valence electrons. The average Bonchev–Trinajstić information content (AvgIpc) is 3.40. The van der Waals surface area contributed by atoms with Crippen molar-refractivity contribution in [2.24, 2.45) is 0 Å². The van der Waals surface area contributed by atoms with E-state index in [1.165, 1.54) is 4.31 Å². The summed E-state index contributed by atoms with van der Waals surface area (Å²) in [5, 5.41) is 12.1. The van der Waals surface area contributed by atoms with E-state index >= 15 is 0 Å². The number of aromatic nitrogens is 2. The number of carbonyl (C=O) groups excluding carboxylic acids is 1. The van der Waals surface area contributed by atoms with Crippen LogP contribution in [0.3, 0.4) is 0 Å². The highest BCUT2D eigenvalue weighted by atomic mass is 35.5. The van der Waals surface area contributed by atoms with Gasteiger partial charge in [-0.25, -0.2) is 8.42 Å². The molecule has 0 spiro atoms. The van der Waals surface area contributed by atoms with Gasteiger partial charge in [-0.15, -0.1) is 10.2 Å². The summed E-state index contributed by atoms with van der Waals surface area (Å²) in [6.07, 6.45) is 1.36. The quantitative estimate of drug-likeness (QED) is 0.637. The molecule has 0 saturated carbocycles. The molecule has 0 radical (unpaired) electrons. The van der Waals surface area contributed by atoms with Crippen molar-refractivity contribution in [2.45, 2.75) is 23.8 Å². The van der Waals surface area contributed by atoms with E-state index in [0.717, 1.165) is 17.8 Å². The molecule has 0 aliphatic carbocycles. The summed E-state index contributed by atoms with van der Waals surface area (Å²) in [6.45, 7) is 0.410. The third kappa shape index (κ3) is 4.18. The molecule has 0 unspecified atom stereocenters. The molecule has 1 saturated heterocycles. The maximum atomic E-state index is 13.0. The Labute approximate surface area is 177 Å². The van der Waals surface area contributed by atoms with Crippen molar-refractivity contribution in [3.8, 4) is 0 Å². The smallest absolute Gasteiger partial charge is 0.286 e. The largest absolute Gasteiger partial charge is 0.320 e. The molecular formula is C19H17ClN4O3S2. The van der Waals surface area contributed by atoms with Gasteiger partial charge in [-0.2, -0.15) is 4.31 Å². The molecule has 3 aromatic rings. The highest BCUT2D eigenvalue weighted by molar-refractivity contribution is 7.89. The summed E-state index contributed by atoms with van der Waals surface area (Å²) in [5.41, 5.74) is 0.588. The van der Waals surface area contributed by atoms with Crippen molar-refractivity contribution in [1.29, 1.82) is 0 Å². The Morgan fingerprint density at radius 1 is 1.10 bits per heavy atom. The molecule has 2 heterocycles. The fraction of sp³-hybridized carbons (Fsp3) is 0.211. The number of anilines is 1. The topological polar surface area (TPSA) is 92.3 Å². The zero-order valence-electron chi connectivity index (χ0n) is 15.2. The van der Waals surface area contributed by atoms with Gasteiger partial charge in [0, 0.05) is 17.3 Å². The highest BCUT2D eigenvalue weighted by Crippen LogP contribution is 2.37. The van der Waals surface area contributed by atoms with Crippen molar-refractivity contribution >= 4 is 44.6 Å². The summed E-state index contributed by atoms with van der Waals surface area (Å²) in [6, 6.07) is 14.6. The second kappa shape index (κ2) is 8.19. The minimum atomic E-state index is -3.64. The number of benzene rings is 2. The normalized spacial score (nSPS) is 17.3. The molecule has 1 aliphatic rings. The lowest BCUT2D eigenvalue weighted by Gasteiger charge is -2.22. The number of carbonyl (C=O) groups is 1. The van der Waals surface area contributed by atoms with E-state index in [1.807, 2.05) is 0 Å². The van der Waals surface area contributed by atoms with Gasteiger partial charge in [-0.05, 0) is 49.2 Å². The van der Waals surface area contributed by atoms with Crippen LogP contribution in [-0.2, 0) is 10.0 Å². The van der Waals surface area contributed by atoms with Crippen molar-refractivity contribution in [1.82, 2.24) is 14.5 Å². The monoisotopic (exact) mass is 448 g/mol. The Balaban J connectivity index is 1.54. The van der Waals surface area contributed by atoms with Crippen LogP contribution in [0, 0.1) is 0 Å². The number of hydrogen-bond donors (Lipinski definition) is 1. The van der Waals surface area contributed by atoms with Crippen LogP contribution < -0.4 is 5.32 Å². The summed E-state index contributed by atoms with van der Waals surface area (Å²) in [7, 11) is -3.64. The van der Waals surface area contributed by atoms with Crippen molar-refractivity contribution in [3.05, 3.63) is 69.6 Å². The summed E-state index contributed by atoms with van der Waals surface area (Å²) in [5.74, 6) is -0.397. The highest BCUT2D eigenvalue weighted by Gasteiger charge is 2.38. The molecular weight excluding hydrogens is 432 g/mol. The number of sulfonamides is 1. The molecule has 1 amide bonds. The van der Waals surface area contributed by atoms with Gasteiger partial charge in [0.05, 0.1) is 10.9 Å². The fourth-order valence-electron chi connectivity index (χ4n) is 3.18. The first-order valence-electron chi connectivity index (χ1n) is 8.92. The van der Waals surface area contributed by atoms with Crippen LogP contribution in [0.4, 0.5) is 5.69 Å². The van der Waals surface area contributed by atoms with Crippen molar-refractivity contribution < 1.29 is 13.2 Å². The molecule has 1 aromatic heterocycles. The van der Waals surface area contributed by atoms with Gasteiger partial charge in [0.15, 0.2) is 0 Å². The summed E-state index contributed by atoms with van der Waals surface area (Å²) >= 11 is 6.96. The first kappa shape index (κ1) is 20.0. The van der Waals surface area contributed by atoms with Gasteiger partial charge in [-0.3, -0.25) is 4.79 Å². The van der Waals surface area contributed by atoms with E-state index in [4.69, 9.17) is 11.6 Å².